The summed E-state index contributed by atoms with van der Waals surface area (Å²) in [5.41, 5.74) is 2.37. The first-order valence-electron chi connectivity index (χ1n) is 7.84. The molecule has 0 radical (unpaired) electrons. The quantitative estimate of drug-likeness (QED) is 0.894. The van der Waals surface area contributed by atoms with Crippen LogP contribution in [0.15, 0.2) is 36.4 Å². The normalized spacial score (nSPS) is 14.7. The number of halogens is 1. The molecule has 24 heavy (non-hydrogen) atoms. The Morgan fingerprint density at radius 3 is 2.83 bits per heavy atom. The third-order valence-electron chi connectivity index (χ3n) is 3.96. The first-order chi connectivity index (χ1) is 11.4. The Morgan fingerprint density at radius 1 is 1.29 bits per heavy atom. The van der Waals surface area contributed by atoms with Gasteiger partial charge in [-0.25, -0.2) is 0 Å². The number of benzene rings is 2. The summed E-state index contributed by atoms with van der Waals surface area (Å²) in [7, 11) is 0. The molecule has 3 rings (SSSR count). The average Bonchev–Trinajstić information content (AvgIpc) is 2.84. The predicted octanol–water partition coefficient (Wildman–Crippen LogP) is 4.38. The molecular weight excluding hydrogens is 326 g/mol. The number of nitrogens with one attached hydrogen (secondary N) is 1. The van der Waals surface area contributed by atoms with Crippen LogP contribution in [0.4, 0.5) is 5.69 Å². The lowest BCUT2D eigenvalue weighted by Crippen LogP contribution is -2.25. The van der Waals surface area contributed by atoms with Crippen molar-refractivity contribution in [3.8, 4) is 11.5 Å². The lowest BCUT2D eigenvalue weighted by molar-refractivity contribution is -0.118. The van der Waals surface area contributed by atoms with E-state index in [0.29, 0.717) is 16.5 Å². The maximum atomic E-state index is 12.2. The molecule has 2 aromatic carbocycles. The number of rotatable bonds is 4. The molecule has 1 amide bonds. The Bertz CT molecular complexity index is 786. The van der Waals surface area contributed by atoms with E-state index in [1.807, 2.05) is 45.0 Å². The lowest BCUT2D eigenvalue weighted by atomic mass is 10.0. The summed E-state index contributed by atoms with van der Waals surface area (Å²) in [5.74, 6) is 1.08. The van der Waals surface area contributed by atoms with Crippen LogP contribution in [0.2, 0.25) is 5.02 Å². The van der Waals surface area contributed by atoms with Crippen molar-refractivity contribution in [2.45, 2.75) is 32.8 Å². The van der Waals surface area contributed by atoms with Crippen LogP contribution in [-0.4, -0.2) is 18.1 Å². The fraction of sp³-hybridized carbons (Fsp3) is 0.316. The molecule has 1 aliphatic heterocycles. The van der Waals surface area contributed by atoms with Crippen LogP contribution < -0.4 is 14.8 Å². The number of amides is 1. The van der Waals surface area contributed by atoms with Gasteiger partial charge in [0.25, 0.3) is 5.91 Å². The molecule has 2 aromatic rings. The molecular formula is C19H20ClNO3. The zero-order chi connectivity index (χ0) is 17.3. The molecule has 126 valence electrons. The Hall–Kier alpha value is -2.20. The van der Waals surface area contributed by atoms with E-state index in [4.69, 9.17) is 21.1 Å². The highest BCUT2D eigenvalue weighted by molar-refractivity contribution is 6.31. The van der Waals surface area contributed by atoms with Crippen molar-refractivity contribution < 1.29 is 14.3 Å². The van der Waals surface area contributed by atoms with E-state index in [2.05, 4.69) is 5.32 Å². The van der Waals surface area contributed by atoms with Crippen molar-refractivity contribution in [3.05, 3.63) is 52.5 Å². The second-order valence-corrected chi connectivity index (χ2v) is 6.94. The molecule has 0 saturated carbocycles. The minimum atomic E-state index is -0.248. The Labute approximate surface area is 146 Å². The van der Waals surface area contributed by atoms with Crippen molar-refractivity contribution in [1.82, 2.24) is 0 Å². The van der Waals surface area contributed by atoms with Gasteiger partial charge in [0.05, 0.1) is 0 Å². The van der Waals surface area contributed by atoms with Gasteiger partial charge in [-0.3, -0.25) is 4.79 Å². The predicted molar refractivity (Wildman–Crippen MR) is 95.2 cm³/mol. The molecule has 1 N–H and O–H groups in total. The smallest absolute Gasteiger partial charge is 0.262 e. The van der Waals surface area contributed by atoms with Crippen LogP contribution in [0.25, 0.3) is 0 Å². The number of hydrogen-bond acceptors (Lipinski definition) is 3. The summed E-state index contributed by atoms with van der Waals surface area (Å²) in [5, 5.41) is 3.43. The van der Waals surface area contributed by atoms with Gasteiger partial charge in [-0.2, -0.15) is 0 Å². The van der Waals surface area contributed by atoms with Gasteiger partial charge in [0.2, 0.25) is 0 Å². The Kier molecular flexibility index (Phi) is 4.41. The highest BCUT2D eigenvalue weighted by Gasteiger charge is 2.32. The third kappa shape index (κ3) is 3.49. The number of carbonyl (C=O) groups is 1. The minimum absolute atomic E-state index is 0.0911. The summed E-state index contributed by atoms with van der Waals surface area (Å²) < 4.78 is 11.6. The van der Waals surface area contributed by atoms with Gasteiger partial charge >= 0.3 is 0 Å². The third-order valence-corrected chi connectivity index (χ3v) is 4.36. The lowest BCUT2D eigenvalue weighted by Gasteiger charge is -2.18. The molecule has 0 aliphatic carbocycles. The molecule has 5 heteroatoms. The number of carbonyl (C=O) groups excluding carboxylic acids is 1. The maximum absolute atomic E-state index is 12.2. The Balaban J connectivity index is 1.66. The zero-order valence-corrected chi connectivity index (χ0v) is 14.7. The van der Waals surface area contributed by atoms with Crippen LogP contribution in [0.1, 0.15) is 25.0 Å². The van der Waals surface area contributed by atoms with E-state index < -0.39 is 0 Å². The van der Waals surface area contributed by atoms with Gasteiger partial charge in [0, 0.05) is 22.7 Å². The molecule has 0 unspecified atom stereocenters. The highest BCUT2D eigenvalue weighted by atomic mass is 35.5. The van der Waals surface area contributed by atoms with Gasteiger partial charge in [-0.15, -0.1) is 0 Å². The van der Waals surface area contributed by atoms with Crippen molar-refractivity contribution in [2.75, 3.05) is 11.9 Å². The van der Waals surface area contributed by atoms with Crippen LogP contribution in [0.3, 0.4) is 0 Å². The van der Waals surface area contributed by atoms with E-state index in [-0.39, 0.29) is 18.1 Å². The largest absolute Gasteiger partial charge is 0.483 e. The second kappa shape index (κ2) is 6.36. The molecule has 0 aromatic heterocycles. The number of fused-ring (bicyclic) bond motifs is 1. The second-order valence-electron chi connectivity index (χ2n) is 6.53. The molecule has 1 aliphatic rings. The molecule has 0 atom stereocenters. The number of para-hydroxylation sites is 1. The summed E-state index contributed by atoms with van der Waals surface area (Å²) in [6.45, 7) is 5.84. The monoisotopic (exact) mass is 345 g/mol. The van der Waals surface area contributed by atoms with Crippen molar-refractivity contribution in [2.24, 2.45) is 0 Å². The number of anilines is 1. The maximum Gasteiger partial charge on any atom is 0.262 e. The van der Waals surface area contributed by atoms with E-state index in [1.165, 1.54) is 0 Å². The molecule has 0 spiro atoms. The van der Waals surface area contributed by atoms with Crippen molar-refractivity contribution in [3.63, 3.8) is 0 Å². The average molecular weight is 346 g/mol. The number of ether oxygens (including phenoxy) is 2. The minimum Gasteiger partial charge on any atom is -0.483 e. The number of hydrogen-bond donors (Lipinski definition) is 1. The van der Waals surface area contributed by atoms with E-state index in [1.54, 1.807) is 12.1 Å². The Morgan fingerprint density at radius 2 is 2.04 bits per heavy atom. The first kappa shape index (κ1) is 16.7. The van der Waals surface area contributed by atoms with Crippen molar-refractivity contribution >= 4 is 23.2 Å². The van der Waals surface area contributed by atoms with Crippen LogP contribution in [-0.2, 0) is 11.2 Å². The molecule has 0 fully saturated rings. The molecule has 0 saturated heterocycles. The van der Waals surface area contributed by atoms with E-state index >= 15 is 0 Å². The van der Waals surface area contributed by atoms with Crippen LogP contribution in [0.5, 0.6) is 11.5 Å². The fourth-order valence-electron chi connectivity index (χ4n) is 2.77. The van der Waals surface area contributed by atoms with Crippen LogP contribution >= 0.6 is 11.6 Å². The fourth-order valence-corrected chi connectivity index (χ4v) is 2.95. The van der Waals surface area contributed by atoms with Gasteiger partial charge < -0.3 is 14.8 Å². The SMILES string of the molecule is Cc1c(Cl)cccc1NC(=O)COc1cccc2c1OC(C)(C)C2. The van der Waals surface area contributed by atoms with Gasteiger partial charge in [-0.05, 0) is 44.5 Å². The van der Waals surface area contributed by atoms with E-state index in [9.17, 15) is 4.79 Å². The van der Waals surface area contributed by atoms with E-state index in [0.717, 1.165) is 23.3 Å². The summed E-state index contributed by atoms with van der Waals surface area (Å²) in [6, 6.07) is 11.1. The van der Waals surface area contributed by atoms with Gasteiger partial charge in [0.15, 0.2) is 18.1 Å². The molecule has 1 heterocycles. The zero-order valence-electron chi connectivity index (χ0n) is 14.0. The van der Waals surface area contributed by atoms with Crippen molar-refractivity contribution in [1.29, 1.82) is 0 Å². The summed E-state index contributed by atoms with van der Waals surface area (Å²) >= 11 is 6.06. The topological polar surface area (TPSA) is 47.6 Å². The summed E-state index contributed by atoms with van der Waals surface area (Å²) in [6.07, 6.45) is 0.827. The highest BCUT2D eigenvalue weighted by Crippen LogP contribution is 2.41. The molecule has 0 bridgehead atoms. The summed E-state index contributed by atoms with van der Waals surface area (Å²) in [4.78, 5) is 12.2. The van der Waals surface area contributed by atoms with Gasteiger partial charge in [-0.1, -0.05) is 29.8 Å². The first-order valence-corrected chi connectivity index (χ1v) is 8.22. The van der Waals surface area contributed by atoms with Crippen LogP contribution in [0, 0.1) is 6.92 Å². The standard InChI is InChI=1S/C19H20ClNO3/c1-12-14(20)7-5-8-15(12)21-17(22)11-23-16-9-4-6-13-10-19(2,3)24-18(13)16/h4-9H,10-11H2,1-3H3,(H,21,22). The van der Waals surface area contributed by atoms with Gasteiger partial charge in [0.1, 0.15) is 5.60 Å². The molecule has 4 nitrogen and oxygen atoms in total.